The van der Waals surface area contributed by atoms with Crippen molar-refractivity contribution >= 4 is 17.6 Å². The fourth-order valence-electron chi connectivity index (χ4n) is 0.427. The van der Waals surface area contributed by atoms with Gasteiger partial charge in [-0.15, -0.1) is 11.6 Å². The Morgan fingerprint density at radius 1 is 1.67 bits per heavy atom. The highest BCUT2D eigenvalue weighted by Crippen LogP contribution is 2.14. The first-order valence-electron chi connectivity index (χ1n) is 3.80. The van der Waals surface area contributed by atoms with Gasteiger partial charge in [0.15, 0.2) is 0 Å². The molecule has 0 aromatic rings. The van der Waals surface area contributed by atoms with Crippen LogP contribution in [0.2, 0.25) is 0 Å². The van der Waals surface area contributed by atoms with Gasteiger partial charge in [0.1, 0.15) is 5.38 Å². The highest BCUT2D eigenvalue weighted by molar-refractivity contribution is 6.29. The summed E-state index contributed by atoms with van der Waals surface area (Å²) in [4.78, 5) is 10.9. The Hall–Kier alpha value is -0.280. The molecule has 1 N–H and O–H groups in total. The maximum atomic E-state index is 10.9. The molecule has 1 unspecified atom stereocenters. The van der Waals surface area contributed by atoms with E-state index >= 15 is 0 Å². The number of hydrogen-bond acceptors (Lipinski definition) is 3. The molecular weight excluding hydrogens is 180 g/mol. The van der Waals surface area contributed by atoms with Crippen molar-refractivity contribution in [1.29, 1.82) is 0 Å². The molecule has 4 heteroatoms. The predicted molar refractivity (Wildman–Crippen MR) is 47.1 cm³/mol. The van der Waals surface area contributed by atoms with Crippen molar-refractivity contribution in [2.75, 3.05) is 13.2 Å². The molecule has 72 valence electrons. The molecule has 12 heavy (non-hydrogen) atoms. The van der Waals surface area contributed by atoms with Crippen LogP contribution in [-0.2, 0) is 9.53 Å². The molecule has 0 fully saturated rings. The molecule has 0 aliphatic rings. The Labute approximate surface area is 77.7 Å². The Balaban J connectivity index is 3.76. The van der Waals surface area contributed by atoms with Crippen LogP contribution in [0.3, 0.4) is 0 Å². The van der Waals surface area contributed by atoms with Gasteiger partial charge in [-0.1, -0.05) is 13.8 Å². The first kappa shape index (κ1) is 11.7. The highest BCUT2D eigenvalue weighted by atomic mass is 35.5. The number of carbonyl (C=O) groups is 1. The molecule has 0 saturated carbocycles. The van der Waals surface area contributed by atoms with Crippen molar-refractivity contribution in [2.45, 2.75) is 26.1 Å². The largest absolute Gasteiger partial charge is 0.464 e. The van der Waals surface area contributed by atoms with Crippen molar-refractivity contribution in [2.24, 2.45) is 5.41 Å². The monoisotopic (exact) mass is 194 g/mol. The van der Waals surface area contributed by atoms with Crippen LogP contribution in [0.4, 0.5) is 0 Å². The lowest BCUT2D eigenvalue weighted by molar-refractivity contribution is -0.146. The van der Waals surface area contributed by atoms with Gasteiger partial charge in [0.05, 0.1) is 13.2 Å². The Kier molecular flexibility index (Phi) is 4.57. The van der Waals surface area contributed by atoms with Crippen LogP contribution in [0.5, 0.6) is 0 Å². The van der Waals surface area contributed by atoms with E-state index in [0.29, 0.717) is 0 Å². The fourth-order valence-corrected chi connectivity index (χ4v) is 0.490. The molecule has 0 aliphatic carbocycles. The van der Waals surface area contributed by atoms with E-state index < -0.39 is 11.3 Å². The maximum Gasteiger partial charge on any atom is 0.323 e. The number of halogens is 1. The average Bonchev–Trinajstić information content (AvgIpc) is 2.00. The molecule has 0 heterocycles. The predicted octanol–water partition coefficient (Wildman–Crippen LogP) is 1.18. The van der Waals surface area contributed by atoms with Gasteiger partial charge in [0.25, 0.3) is 0 Å². The van der Waals surface area contributed by atoms with Crippen molar-refractivity contribution in [1.82, 2.24) is 0 Å². The van der Waals surface area contributed by atoms with E-state index in [1.807, 2.05) is 0 Å². The molecule has 0 amide bonds. The molecule has 0 aliphatic heterocycles. The average molecular weight is 195 g/mol. The van der Waals surface area contributed by atoms with Gasteiger partial charge < -0.3 is 9.84 Å². The maximum absolute atomic E-state index is 10.9. The number of rotatable bonds is 4. The summed E-state index contributed by atoms with van der Waals surface area (Å²) >= 11 is 5.46. The number of alkyl halides is 1. The third-order valence-electron chi connectivity index (χ3n) is 1.36. The van der Waals surface area contributed by atoms with Crippen LogP contribution >= 0.6 is 11.6 Å². The van der Waals surface area contributed by atoms with Crippen LogP contribution < -0.4 is 0 Å². The second-order valence-corrected chi connectivity index (χ2v) is 4.20. The zero-order valence-corrected chi connectivity index (χ0v) is 8.39. The minimum atomic E-state index is -0.625. The van der Waals surface area contributed by atoms with Crippen molar-refractivity contribution in [3.63, 3.8) is 0 Å². The molecule has 0 rings (SSSR count). The van der Waals surface area contributed by atoms with Gasteiger partial charge >= 0.3 is 5.97 Å². The van der Waals surface area contributed by atoms with Crippen LogP contribution in [0, 0.1) is 5.41 Å². The lowest BCUT2D eigenvalue weighted by Gasteiger charge is -2.21. The first-order valence-corrected chi connectivity index (χ1v) is 4.24. The van der Waals surface area contributed by atoms with Gasteiger partial charge in [-0.25, -0.2) is 0 Å². The Morgan fingerprint density at radius 3 is 2.50 bits per heavy atom. The lowest BCUT2D eigenvalue weighted by atomic mass is 9.97. The number of esters is 1. The number of aliphatic hydroxyl groups excluding tert-OH is 1. The van der Waals surface area contributed by atoms with Crippen LogP contribution in [0.1, 0.15) is 20.8 Å². The fraction of sp³-hybridized carbons (Fsp3) is 0.875. The summed E-state index contributed by atoms with van der Waals surface area (Å²) in [7, 11) is 0. The van der Waals surface area contributed by atoms with Crippen molar-refractivity contribution < 1.29 is 14.6 Å². The summed E-state index contributed by atoms with van der Waals surface area (Å²) in [6, 6.07) is 0. The van der Waals surface area contributed by atoms with Crippen molar-refractivity contribution in [3.8, 4) is 0 Å². The molecule has 0 saturated heterocycles. The summed E-state index contributed by atoms with van der Waals surface area (Å²) in [5.41, 5.74) is -0.387. The van der Waals surface area contributed by atoms with Gasteiger partial charge in [0, 0.05) is 5.41 Å². The zero-order chi connectivity index (χ0) is 9.78. The first-order chi connectivity index (χ1) is 5.39. The zero-order valence-electron chi connectivity index (χ0n) is 7.63. The topological polar surface area (TPSA) is 46.5 Å². The number of aliphatic hydroxyl groups is 1. The quantitative estimate of drug-likeness (QED) is 0.540. The molecule has 0 radical (unpaired) electrons. The smallest absolute Gasteiger partial charge is 0.323 e. The van der Waals surface area contributed by atoms with Crippen LogP contribution in [0.25, 0.3) is 0 Å². The summed E-state index contributed by atoms with van der Waals surface area (Å²) in [6.07, 6.45) is 0. The third kappa shape index (κ3) is 4.57. The van der Waals surface area contributed by atoms with E-state index in [0.717, 1.165) is 0 Å². The molecule has 0 aromatic carbocycles. The molecule has 3 nitrogen and oxygen atoms in total. The van der Waals surface area contributed by atoms with Gasteiger partial charge in [0.2, 0.25) is 0 Å². The van der Waals surface area contributed by atoms with Gasteiger partial charge in [-0.3, -0.25) is 4.79 Å². The lowest BCUT2D eigenvalue weighted by Crippen LogP contribution is -2.27. The second-order valence-electron chi connectivity index (χ2n) is 3.55. The number of ether oxygens (including phenoxy) is 1. The third-order valence-corrected chi connectivity index (χ3v) is 1.54. The summed E-state index contributed by atoms with van der Waals surface area (Å²) in [5, 5.41) is 8.20. The SMILES string of the molecule is CC(Cl)C(=O)OCC(C)(C)CO. The standard InChI is InChI=1S/C8H15ClO3/c1-6(9)7(11)12-5-8(2,3)4-10/h6,10H,4-5H2,1-3H3. The Bertz CT molecular complexity index is 154. The molecule has 0 aromatic heterocycles. The van der Waals surface area contributed by atoms with Gasteiger partial charge in [-0.05, 0) is 6.92 Å². The van der Waals surface area contributed by atoms with E-state index in [1.165, 1.54) is 0 Å². The molecular formula is C8H15ClO3. The van der Waals surface area contributed by atoms with Crippen molar-refractivity contribution in [3.05, 3.63) is 0 Å². The second kappa shape index (κ2) is 4.67. The summed E-state index contributed by atoms with van der Waals surface area (Å²) in [6.45, 7) is 5.34. The van der Waals surface area contributed by atoms with Crippen LogP contribution in [-0.4, -0.2) is 29.7 Å². The molecule has 0 bridgehead atoms. The highest BCUT2D eigenvalue weighted by Gasteiger charge is 2.20. The van der Waals surface area contributed by atoms with E-state index in [1.54, 1.807) is 20.8 Å². The Morgan fingerprint density at radius 2 is 2.17 bits per heavy atom. The van der Waals surface area contributed by atoms with E-state index in [-0.39, 0.29) is 18.6 Å². The van der Waals surface area contributed by atoms with E-state index in [4.69, 9.17) is 21.4 Å². The normalized spacial score (nSPS) is 14.1. The number of hydrogen-bond donors (Lipinski definition) is 1. The van der Waals surface area contributed by atoms with Gasteiger partial charge in [-0.2, -0.15) is 0 Å². The number of carbonyl (C=O) groups excluding carboxylic acids is 1. The summed E-state index contributed by atoms with van der Waals surface area (Å²) in [5.74, 6) is -0.446. The van der Waals surface area contributed by atoms with E-state index in [2.05, 4.69) is 0 Å². The minimum absolute atomic E-state index is 0.0169. The van der Waals surface area contributed by atoms with Crippen LogP contribution in [0.15, 0.2) is 0 Å². The molecule has 0 spiro atoms. The van der Waals surface area contributed by atoms with E-state index in [9.17, 15) is 4.79 Å². The molecule has 1 atom stereocenters. The summed E-state index contributed by atoms with van der Waals surface area (Å²) < 4.78 is 4.83. The minimum Gasteiger partial charge on any atom is -0.464 e.